The van der Waals surface area contributed by atoms with Crippen molar-refractivity contribution in [1.29, 1.82) is 0 Å². The van der Waals surface area contributed by atoms with Crippen LogP contribution in [0, 0.1) is 0 Å². The molecule has 0 N–H and O–H groups in total. The van der Waals surface area contributed by atoms with Crippen molar-refractivity contribution in [3.8, 4) is 0 Å². The molecule has 11 heteroatoms. The summed E-state index contributed by atoms with van der Waals surface area (Å²) in [5, 5.41) is 0.378. The second-order valence-electron chi connectivity index (χ2n) is 5.26. The van der Waals surface area contributed by atoms with Crippen LogP contribution in [0.4, 0.5) is 0 Å². The molecule has 1 heterocycles. The van der Waals surface area contributed by atoms with Gasteiger partial charge in [0.1, 0.15) is 13.2 Å². The topological polar surface area (TPSA) is 143 Å². The molecule has 0 spiro atoms. The van der Waals surface area contributed by atoms with Crippen LogP contribution in [0.25, 0.3) is 0 Å². The van der Waals surface area contributed by atoms with E-state index in [1.165, 1.54) is 0 Å². The zero-order valence-electron chi connectivity index (χ0n) is 14.3. The van der Waals surface area contributed by atoms with E-state index >= 15 is 0 Å². The highest BCUT2D eigenvalue weighted by molar-refractivity contribution is 6.01. The second-order valence-corrected chi connectivity index (χ2v) is 5.26. The predicted octanol–water partition coefficient (Wildman–Crippen LogP) is -0.588. The minimum Gasteiger partial charge on any atom is -0.462 e. The van der Waals surface area contributed by atoms with Gasteiger partial charge in [-0.3, -0.25) is 24.0 Å². The molecule has 1 fully saturated rings. The van der Waals surface area contributed by atoms with Gasteiger partial charge in [-0.2, -0.15) is 0 Å². The van der Waals surface area contributed by atoms with Gasteiger partial charge in [-0.05, 0) is 0 Å². The van der Waals surface area contributed by atoms with Gasteiger partial charge >= 0.3 is 23.9 Å². The Morgan fingerprint density at radius 3 is 1.96 bits per heavy atom. The van der Waals surface area contributed by atoms with E-state index in [4.69, 9.17) is 9.47 Å². The van der Waals surface area contributed by atoms with E-state index in [9.17, 15) is 28.8 Å². The van der Waals surface area contributed by atoms with E-state index in [1.807, 2.05) is 0 Å². The maximum atomic E-state index is 11.6. The first kappa shape index (κ1) is 21.1. The summed E-state index contributed by atoms with van der Waals surface area (Å²) in [7, 11) is 0. The molecular weight excluding hydrogens is 354 g/mol. The van der Waals surface area contributed by atoms with E-state index in [0.717, 1.165) is 13.8 Å². The van der Waals surface area contributed by atoms with Crippen LogP contribution in [0.3, 0.4) is 0 Å². The number of hydroxylamine groups is 2. The lowest BCUT2D eigenvalue weighted by atomic mass is 10.3. The van der Waals surface area contributed by atoms with Crippen molar-refractivity contribution in [3.05, 3.63) is 0 Å². The SMILES string of the molecule is CC(=O)OCC(COC(=O)CCC(=O)ON1C(=O)CCC1=O)OC(C)=O. The van der Waals surface area contributed by atoms with Crippen LogP contribution in [0.5, 0.6) is 0 Å². The minimum absolute atomic E-state index is 0.0337. The Kier molecular flexibility index (Phi) is 8.19. The number of rotatable bonds is 9. The fourth-order valence-corrected chi connectivity index (χ4v) is 1.83. The summed E-state index contributed by atoms with van der Waals surface area (Å²) in [5.74, 6) is -4.24. The van der Waals surface area contributed by atoms with Crippen LogP contribution in [0.2, 0.25) is 0 Å². The van der Waals surface area contributed by atoms with Crippen molar-refractivity contribution in [3.63, 3.8) is 0 Å². The summed E-state index contributed by atoms with van der Waals surface area (Å²) in [6.45, 7) is 1.64. The molecule has 0 radical (unpaired) electrons. The zero-order chi connectivity index (χ0) is 19.7. The standard InChI is InChI=1S/C15H19NO10/c1-9(17)23-7-11(25-10(2)18)8-24-14(21)5-6-15(22)26-16-12(19)3-4-13(16)20/h11H,3-8H2,1-2H3. The highest BCUT2D eigenvalue weighted by atomic mass is 16.7. The average molecular weight is 373 g/mol. The van der Waals surface area contributed by atoms with E-state index in [-0.39, 0.29) is 32.5 Å². The number of hydrogen-bond acceptors (Lipinski definition) is 10. The number of carbonyl (C=O) groups is 6. The Labute approximate surface area is 148 Å². The van der Waals surface area contributed by atoms with Crippen molar-refractivity contribution in [2.45, 2.75) is 45.6 Å². The first-order valence-electron chi connectivity index (χ1n) is 7.71. The summed E-state index contributed by atoms with van der Waals surface area (Å²) in [6, 6.07) is 0. The molecule has 1 aliphatic heterocycles. The lowest BCUT2D eigenvalue weighted by molar-refractivity contribution is -0.197. The maximum absolute atomic E-state index is 11.6. The van der Waals surface area contributed by atoms with Crippen LogP contribution in [0.15, 0.2) is 0 Å². The zero-order valence-corrected chi connectivity index (χ0v) is 14.3. The molecule has 1 unspecified atom stereocenters. The molecule has 2 amide bonds. The van der Waals surface area contributed by atoms with Gasteiger partial charge in [0.05, 0.1) is 12.8 Å². The second kappa shape index (κ2) is 10.1. The highest BCUT2D eigenvalue weighted by Crippen LogP contribution is 2.13. The largest absolute Gasteiger partial charge is 0.462 e. The van der Waals surface area contributed by atoms with Crippen LogP contribution in [-0.2, 0) is 47.8 Å². The molecule has 0 aliphatic carbocycles. The molecule has 1 saturated heterocycles. The van der Waals surface area contributed by atoms with E-state index in [0.29, 0.717) is 5.06 Å². The van der Waals surface area contributed by atoms with Crippen molar-refractivity contribution in [2.24, 2.45) is 0 Å². The molecule has 1 atom stereocenters. The van der Waals surface area contributed by atoms with Gasteiger partial charge in [0.2, 0.25) is 0 Å². The molecule has 1 aliphatic rings. The molecule has 26 heavy (non-hydrogen) atoms. The monoisotopic (exact) mass is 373 g/mol. The molecule has 144 valence electrons. The summed E-state index contributed by atoms with van der Waals surface area (Å²) < 4.78 is 14.3. The molecule has 1 rings (SSSR count). The summed E-state index contributed by atoms with van der Waals surface area (Å²) in [6.07, 6.45) is -1.85. The lowest BCUT2D eigenvalue weighted by Crippen LogP contribution is -2.32. The first-order valence-corrected chi connectivity index (χ1v) is 7.71. The molecule has 11 nitrogen and oxygen atoms in total. The van der Waals surface area contributed by atoms with Gasteiger partial charge in [-0.25, -0.2) is 4.79 Å². The molecule has 0 bridgehead atoms. The normalized spacial score (nSPS) is 14.6. The van der Waals surface area contributed by atoms with E-state index in [1.54, 1.807) is 0 Å². The predicted molar refractivity (Wildman–Crippen MR) is 79.6 cm³/mol. The number of carbonyl (C=O) groups excluding carboxylic acids is 6. The average Bonchev–Trinajstić information content (AvgIpc) is 2.86. The van der Waals surface area contributed by atoms with Crippen LogP contribution in [-0.4, -0.2) is 60.1 Å². The third-order valence-electron chi connectivity index (χ3n) is 2.97. The molecule has 0 aromatic heterocycles. The molecular formula is C15H19NO10. The van der Waals surface area contributed by atoms with Gasteiger partial charge in [-0.15, -0.1) is 5.06 Å². The van der Waals surface area contributed by atoms with Gasteiger partial charge in [0.15, 0.2) is 6.10 Å². The third-order valence-corrected chi connectivity index (χ3v) is 2.97. The molecule has 0 aromatic rings. The van der Waals surface area contributed by atoms with E-state index < -0.39 is 48.2 Å². The third kappa shape index (κ3) is 7.73. The van der Waals surface area contributed by atoms with Gasteiger partial charge < -0.3 is 19.0 Å². The number of hydrogen-bond donors (Lipinski definition) is 0. The highest BCUT2D eigenvalue weighted by Gasteiger charge is 2.32. The smallest absolute Gasteiger partial charge is 0.333 e. The Morgan fingerprint density at radius 2 is 1.42 bits per heavy atom. The van der Waals surface area contributed by atoms with Crippen molar-refractivity contribution in [2.75, 3.05) is 13.2 Å². The Morgan fingerprint density at radius 1 is 0.885 bits per heavy atom. The fourth-order valence-electron chi connectivity index (χ4n) is 1.83. The molecule has 0 saturated carbocycles. The quantitative estimate of drug-likeness (QED) is 0.292. The summed E-state index contributed by atoms with van der Waals surface area (Å²) >= 11 is 0. The number of esters is 3. The number of ether oxygens (including phenoxy) is 3. The number of nitrogens with zero attached hydrogens (tertiary/aromatic N) is 1. The maximum Gasteiger partial charge on any atom is 0.333 e. The van der Waals surface area contributed by atoms with Crippen LogP contribution < -0.4 is 0 Å². The summed E-state index contributed by atoms with van der Waals surface area (Å²) in [4.78, 5) is 72.1. The van der Waals surface area contributed by atoms with Crippen molar-refractivity contribution < 1.29 is 47.8 Å². The van der Waals surface area contributed by atoms with Gasteiger partial charge in [0.25, 0.3) is 11.8 Å². The first-order chi connectivity index (χ1) is 12.2. The Hall–Kier alpha value is -2.98. The van der Waals surface area contributed by atoms with Crippen LogP contribution in [0.1, 0.15) is 39.5 Å². The van der Waals surface area contributed by atoms with Gasteiger partial charge in [0, 0.05) is 26.7 Å². The van der Waals surface area contributed by atoms with Crippen LogP contribution >= 0.6 is 0 Å². The Balaban J connectivity index is 2.33. The van der Waals surface area contributed by atoms with E-state index in [2.05, 4.69) is 9.57 Å². The fraction of sp³-hybridized carbons (Fsp3) is 0.600. The lowest BCUT2D eigenvalue weighted by Gasteiger charge is -2.16. The number of amides is 2. The van der Waals surface area contributed by atoms with Gasteiger partial charge in [-0.1, -0.05) is 0 Å². The van der Waals surface area contributed by atoms with Crippen molar-refractivity contribution in [1.82, 2.24) is 5.06 Å². The Bertz CT molecular complexity index is 583. The number of imide groups is 1. The summed E-state index contributed by atoms with van der Waals surface area (Å²) in [5.41, 5.74) is 0. The van der Waals surface area contributed by atoms with Crippen molar-refractivity contribution >= 4 is 35.7 Å². The molecule has 0 aromatic carbocycles. The minimum atomic E-state index is -0.979.